The highest BCUT2D eigenvalue weighted by molar-refractivity contribution is 6.00. The van der Waals surface area contributed by atoms with Crippen LogP contribution in [0.15, 0.2) is 164 Å². The van der Waals surface area contributed by atoms with E-state index in [1.165, 1.54) is 72.0 Å². The SMILES string of the molecule is Cc1ccc2c(c1)-c1ccc3ccccc3c1C2(c1ccc(-c2ccccc2)cc1)c1ccc(-c2ccccc2)cc1. The summed E-state index contributed by atoms with van der Waals surface area (Å²) in [4.78, 5) is 0. The molecule has 42 heavy (non-hydrogen) atoms. The second-order valence-corrected chi connectivity index (χ2v) is 11.4. The van der Waals surface area contributed by atoms with Gasteiger partial charge in [0.15, 0.2) is 0 Å². The van der Waals surface area contributed by atoms with Crippen molar-refractivity contribution in [1.29, 1.82) is 0 Å². The standard InChI is InChI=1S/C42H30/c1-29-16-27-40-39(28-29)38-26-21-34-14-8-9-15-37(34)41(38)42(40,35-22-17-32(18-23-35)30-10-4-2-5-11-30)36-24-19-33(20-25-36)31-12-6-3-7-13-31/h2-28H,1H3. The third-order valence-corrected chi connectivity index (χ3v) is 9.02. The van der Waals surface area contributed by atoms with Crippen molar-refractivity contribution in [2.24, 2.45) is 0 Å². The van der Waals surface area contributed by atoms with Crippen LogP contribution >= 0.6 is 0 Å². The average Bonchev–Trinajstić information content (AvgIpc) is 3.36. The van der Waals surface area contributed by atoms with Gasteiger partial charge in [-0.3, -0.25) is 0 Å². The predicted molar refractivity (Wildman–Crippen MR) is 177 cm³/mol. The van der Waals surface area contributed by atoms with Crippen LogP contribution in [0.25, 0.3) is 44.2 Å². The zero-order valence-corrected chi connectivity index (χ0v) is 23.6. The van der Waals surface area contributed by atoms with E-state index in [2.05, 4.69) is 171 Å². The van der Waals surface area contributed by atoms with Crippen molar-refractivity contribution in [1.82, 2.24) is 0 Å². The molecule has 8 rings (SSSR count). The molecule has 0 saturated carbocycles. The van der Waals surface area contributed by atoms with Crippen molar-refractivity contribution in [3.8, 4) is 33.4 Å². The maximum Gasteiger partial charge on any atom is 0.0719 e. The van der Waals surface area contributed by atoms with Crippen LogP contribution in [0.2, 0.25) is 0 Å². The molecule has 0 heterocycles. The molecular weight excluding hydrogens is 504 g/mol. The molecule has 0 aromatic heterocycles. The summed E-state index contributed by atoms with van der Waals surface area (Å²) in [7, 11) is 0. The lowest BCUT2D eigenvalue weighted by Gasteiger charge is -2.35. The van der Waals surface area contributed by atoms with Crippen LogP contribution in [0.4, 0.5) is 0 Å². The lowest BCUT2D eigenvalue weighted by atomic mass is 9.66. The Hall–Kier alpha value is -5.20. The summed E-state index contributed by atoms with van der Waals surface area (Å²) in [6.45, 7) is 2.20. The summed E-state index contributed by atoms with van der Waals surface area (Å²) >= 11 is 0. The molecular formula is C42H30. The van der Waals surface area contributed by atoms with Crippen LogP contribution in [0.1, 0.15) is 27.8 Å². The first kappa shape index (κ1) is 24.6. The van der Waals surface area contributed by atoms with Crippen LogP contribution in [-0.4, -0.2) is 0 Å². The van der Waals surface area contributed by atoms with Gasteiger partial charge in [-0.1, -0.05) is 169 Å². The molecule has 0 unspecified atom stereocenters. The highest BCUT2D eigenvalue weighted by Crippen LogP contribution is 2.58. The van der Waals surface area contributed by atoms with Gasteiger partial charge in [0.2, 0.25) is 0 Å². The minimum absolute atomic E-state index is 0.455. The fraction of sp³-hybridized carbons (Fsp3) is 0.0476. The van der Waals surface area contributed by atoms with Gasteiger partial charge in [0.05, 0.1) is 5.41 Å². The van der Waals surface area contributed by atoms with E-state index in [1.54, 1.807) is 0 Å². The lowest BCUT2D eigenvalue weighted by Crippen LogP contribution is -2.29. The van der Waals surface area contributed by atoms with Crippen LogP contribution in [0, 0.1) is 6.92 Å². The summed E-state index contributed by atoms with van der Waals surface area (Å²) in [5.41, 5.74) is 13.7. The van der Waals surface area contributed by atoms with Gasteiger partial charge in [-0.05, 0) is 73.3 Å². The summed E-state index contributed by atoms with van der Waals surface area (Å²) in [5, 5.41) is 2.58. The zero-order valence-electron chi connectivity index (χ0n) is 23.6. The summed E-state index contributed by atoms with van der Waals surface area (Å²) < 4.78 is 0. The first-order valence-electron chi connectivity index (χ1n) is 14.7. The molecule has 0 spiro atoms. The minimum atomic E-state index is -0.455. The summed E-state index contributed by atoms with van der Waals surface area (Å²) in [6.07, 6.45) is 0. The van der Waals surface area contributed by atoms with Crippen molar-refractivity contribution in [3.63, 3.8) is 0 Å². The van der Waals surface area contributed by atoms with E-state index >= 15 is 0 Å². The van der Waals surface area contributed by atoms with Crippen LogP contribution in [-0.2, 0) is 5.41 Å². The van der Waals surface area contributed by atoms with E-state index in [-0.39, 0.29) is 0 Å². The molecule has 7 aromatic carbocycles. The summed E-state index contributed by atoms with van der Waals surface area (Å²) in [5.74, 6) is 0. The topological polar surface area (TPSA) is 0 Å². The van der Waals surface area contributed by atoms with Gasteiger partial charge in [-0.15, -0.1) is 0 Å². The smallest absolute Gasteiger partial charge is 0.0622 e. The van der Waals surface area contributed by atoms with Gasteiger partial charge in [0, 0.05) is 0 Å². The van der Waals surface area contributed by atoms with Gasteiger partial charge in [-0.2, -0.15) is 0 Å². The molecule has 0 saturated heterocycles. The van der Waals surface area contributed by atoms with Gasteiger partial charge in [-0.25, -0.2) is 0 Å². The molecule has 0 nitrogen and oxygen atoms in total. The quantitative estimate of drug-likeness (QED) is 0.211. The highest BCUT2D eigenvalue weighted by Gasteiger charge is 2.47. The van der Waals surface area contributed by atoms with Crippen molar-refractivity contribution in [2.45, 2.75) is 12.3 Å². The van der Waals surface area contributed by atoms with E-state index in [0.717, 1.165) is 0 Å². The number of aryl methyl sites for hydroxylation is 1. The normalized spacial score (nSPS) is 13.1. The van der Waals surface area contributed by atoms with E-state index in [1.807, 2.05) is 0 Å². The number of fused-ring (bicyclic) bond motifs is 5. The van der Waals surface area contributed by atoms with Gasteiger partial charge < -0.3 is 0 Å². The van der Waals surface area contributed by atoms with E-state index in [9.17, 15) is 0 Å². The Morgan fingerprint density at radius 2 is 0.929 bits per heavy atom. The predicted octanol–water partition coefficient (Wildman–Crippen LogP) is 10.8. The summed E-state index contributed by atoms with van der Waals surface area (Å²) in [6, 6.07) is 60.4. The van der Waals surface area contributed by atoms with Crippen molar-refractivity contribution >= 4 is 10.8 Å². The molecule has 0 N–H and O–H groups in total. The molecule has 0 amide bonds. The Balaban J connectivity index is 1.45. The molecule has 0 aliphatic heterocycles. The maximum atomic E-state index is 2.38. The van der Waals surface area contributed by atoms with E-state index in [0.29, 0.717) is 0 Å². The first-order chi connectivity index (χ1) is 20.7. The van der Waals surface area contributed by atoms with Gasteiger partial charge >= 0.3 is 0 Å². The third-order valence-electron chi connectivity index (χ3n) is 9.02. The van der Waals surface area contributed by atoms with Crippen LogP contribution in [0.5, 0.6) is 0 Å². The molecule has 0 atom stereocenters. The molecule has 1 aliphatic carbocycles. The molecule has 0 heteroatoms. The van der Waals surface area contributed by atoms with E-state index in [4.69, 9.17) is 0 Å². The highest BCUT2D eigenvalue weighted by atomic mass is 14.5. The zero-order chi connectivity index (χ0) is 28.1. The van der Waals surface area contributed by atoms with Crippen molar-refractivity contribution in [3.05, 3.63) is 192 Å². The van der Waals surface area contributed by atoms with Gasteiger partial charge in [0.1, 0.15) is 0 Å². The van der Waals surface area contributed by atoms with Crippen molar-refractivity contribution < 1.29 is 0 Å². The van der Waals surface area contributed by atoms with E-state index < -0.39 is 5.41 Å². The molecule has 7 aromatic rings. The number of hydrogen-bond donors (Lipinski definition) is 0. The van der Waals surface area contributed by atoms with Crippen molar-refractivity contribution in [2.75, 3.05) is 0 Å². The largest absolute Gasteiger partial charge is 0.0719 e. The number of hydrogen-bond acceptors (Lipinski definition) is 0. The monoisotopic (exact) mass is 534 g/mol. The second-order valence-electron chi connectivity index (χ2n) is 11.4. The van der Waals surface area contributed by atoms with Crippen LogP contribution in [0.3, 0.4) is 0 Å². The maximum absolute atomic E-state index is 2.38. The molecule has 0 fully saturated rings. The molecule has 0 bridgehead atoms. The Morgan fingerprint density at radius 3 is 1.52 bits per heavy atom. The number of rotatable bonds is 4. The first-order valence-corrected chi connectivity index (χ1v) is 14.7. The molecule has 0 radical (unpaired) electrons. The Morgan fingerprint density at radius 1 is 0.405 bits per heavy atom. The fourth-order valence-electron chi connectivity index (χ4n) is 7.10. The number of benzene rings is 7. The van der Waals surface area contributed by atoms with Crippen LogP contribution < -0.4 is 0 Å². The lowest BCUT2D eigenvalue weighted by molar-refractivity contribution is 0.775. The Bertz CT molecular complexity index is 1970. The third kappa shape index (κ3) is 3.69. The molecule has 1 aliphatic rings. The average molecular weight is 535 g/mol. The second kappa shape index (κ2) is 9.72. The minimum Gasteiger partial charge on any atom is -0.0622 e. The molecule has 198 valence electrons. The fourth-order valence-corrected chi connectivity index (χ4v) is 7.10. The Labute approximate surface area is 247 Å². The Kier molecular flexibility index (Phi) is 5.69. The van der Waals surface area contributed by atoms with Gasteiger partial charge in [0.25, 0.3) is 0 Å².